The Kier molecular flexibility index (Phi) is 4.99. The molecule has 0 spiro atoms. The van der Waals surface area contributed by atoms with Gasteiger partial charge in [-0.2, -0.15) is 0 Å². The van der Waals surface area contributed by atoms with Gasteiger partial charge in [-0.25, -0.2) is 0 Å². The van der Waals surface area contributed by atoms with Gasteiger partial charge in [0.25, 0.3) is 0 Å². The monoisotopic (exact) mass is 269 g/mol. The van der Waals surface area contributed by atoms with Crippen molar-refractivity contribution in [1.82, 2.24) is 0 Å². The Morgan fingerprint density at radius 2 is 2.00 bits per heavy atom. The highest BCUT2D eigenvalue weighted by Crippen LogP contribution is 2.27. The summed E-state index contributed by atoms with van der Waals surface area (Å²) in [4.78, 5) is 13.7. The van der Waals surface area contributed by atoms with Gasteiger partial charge in [0.05, 0.1) is 16.8 Å². The maximum atomic E-state index is 11.8. The van der Waals surface area contributed by atoms with Crippen molar-refractivity contribution in [2.45, 2.75) is 19.9 Å². The predicted octanol–water partition coefficient (Wildman–Crippen LogP) is 2.33. The van der Waals surface area contributed by atoms with Gasteiger partial charge >= 0.3 is 0 Å². The third-order valence-electron chi connectivity index (χ3n) is 2.72. The third kappa shape index (κ3) is 3.62. The number of carbonyl (C=O) groups is 1. The predicted molar refractivity (Wildman–Crippen MR) is 77.2 cm³/mol. The molecule has 0 saturated heterocycles. The van der Waals surface area contributed by atoms with Gasteiger partial charge in [0, 0.05) is 19.8 Å². The summed E-state index contributed by atoms with van der Waals surface area (Å²) in [6.07, 6.45) is 0. The molecule has 0 saturated carbocycles. The van der Waals surface area contributed by atoms with E-state index >= 15 is 0 Å². The molecule has 0 fully saturated rings. The Bertz CT molecular complexity index is 432. The fourth-order valence-electron chi connectivity index (χ4n) is 1.48. The molecule has 1 aromatic rings. The average molecular weight is 270 g/mol. The average Bonchev–Trinajstić information content (AvgIpc) is 2.27. The molecule has 18 heavy (non-hydrogen) atoms. The van der Waals surface area contributed by atoms with Crippen LogP contribution in [0, 0.1) is 5.92 Å². The van der Waals surface area contributed by atoms with Gasteiger partial charge in [0.15, 0.2) is 0 Å². The van der Waals surface area contributed by atoms with Gasteiger partial charge in [-0.3, -0.25) is 4.79 Å². The molecular formula is C13H20ClN3O. The molecule has 0 unspecified atom stereocenters. The van der Waals surface area contributed by atoms with Crippen molar-refractivity contribution >= 4 is 28.9 Å². The second-order valence-corrected chi connectivity index (χ2v) is 5.23. The van der Waals surface area contributed by atoms with Crippen LogP contribution in [0.5, 0.6) is 0 Å². The van der Waals surface area contributed by atoms with Gasteiger partial charge in [-0.05, 0) is 24.1 Å². The summed E-state index contributed by atoms with van der Waals surface area (Å²) in [7, 11) is 3.82. The molecule has 100 valence electrons. The van der Waals surface area contributed by atoms with Crippen LogP contribution < -0.4 is 16.0 Å². The molecule has 1 amide bonds. The summed E-state index contributed by atoms with van der Waals surface area (Å²) in [6, 6.07) is 4.88. The number of hydrogen-bond acceptors (Lipinski definition) is 3. The van der Waals surface area contributed by atoms with Gasteiger partial charge < -0.3 is 16.0 Å². The summed E-state index contributed by atoms with van der Waals surface area (Å²) in [5.41, 5.74) is 7.34. The Morgan fingerprint density at radius 1 is 1.39 bits per heavy atom. The first-order chi connectivity index (χ1) is 8.32. The number of nitrogens with one attached hydrogen (secondary N) is 1. The van der Waals surface area contributed by atoms with E-state index in [1.165, 1.54) is 0 Å². The lowest BCUT2D eigenvalue weighted by molar-refractivity contribution is -0.118. The maximum absolute atomic E-state index is 11.8. The molecule has 1 atom stereocenters. The maximum Gasteiger partial charge on any atom is 0.241 e. The van der Waals surface area contributed by atoms with Crippen LogP contribution >= 0.6 is 11.6 Å². The van der Waals surface area contributed by atoms with E-state index in [2.05, 4.69) is 5.32 Å². The largest absolute Gasteiger partial charge is 0.376 e. The van der Waals surface area contributed by atoms with Crippen molar-refractivity contribution in [3.05, 3.63) is 23.2 Å². The molecule has 1 aromatic carbocycles. The van der Waals surface area contributed by atoms with Crippen LogP contribution in [0.2, 0.25) is 5.02 Å². The standard InChI is InChI=1S/C13H20ClN3O/c1-8(2)12(15)13(18)16-9-5-6-11(17(3)4)10(14)7-9/h5-8,12H,15H2,1-4H3,(H,16,18)/t12-/m1/s1. The van der Waals surface area contributed by atoms with E-state index in [1.807, 2.05) is 45.0 Å². The van der Waals surface area contributed by atoms with Crippen molar-refractivity contribution < 1.29 is 4.79 Å². The lowest BCUT2D eigenvalue weighted by Gasteiger charge is -2.17. The molecule has 0 aliphatic carbocycles. The third-order valence-corrected chi connectivity index (χ3v) is 3.02. The van der Waals surface area contributed by atoms with Crippen LogP contribution in [0.4, 0.5) is 11.4 Å². The molecule has 0 aliphatic rings. The molecule has 0 radical (unpaired) electrons. The van der Waals surface area contributed by atoms with E-state index in [1.54, 1.807) is 6.07 Å². The van der Waals surface area contributed by atoms with Crippen LogP contribution in [0.1, 0.15) is 13.8 Å². The molecule has 0 heterocycles. The van der Waals surface area contributed by atoms with Crippen LogP contribution in [-0.4, -0.2) is 26.0 Å². The summed E-state index contributed by atoms with van der Waals surface area (Å²) >= 11 is 6.13. The van der Waals surface area contributed by atoms with Crippen molar-refractivity contribution in [3.8, 4) is 0 Å². The Balaban J connectivity index is 2.81. The second-order valence-electron chi connectivity index (χ2n) is 4.82. The van der Waals surface area contributed by atoms with E-state index < -0.39 is 6.04 Å². The van der Waals surface area contributed by atoms with E-state index in [9.17, 15) is 4.79 Å². The quantitative estimate of drug-likeness (QED) is 0.882. The summed E-state index contributed by atoms with van der Waals surface area (Å²) in [5.74, 6) is -0.0970. The summed E-state index contributed by atoms with van der Waals surface area (Å²) in [6.45, 7) is 3.82. The van der Waals surface area contributed by atoms with E-state index in [0.717, 1.165) is 5.69 Å². The zero-order valence-corrected chi connectivity index (χ0v) is 12.0. The van der Waals surface area contributed by atoms with Gasteiger partial charge in [-0.15, -0.1) is 0 Å². The first-order valence-electron chi connectivity index (χ1n) is 5.86. The first-order valence-corrected chi connectivity index (χ1v) is 6.24. The molecule has 0 aliphatic heterocycles. The second kappa shape index (κ2) is 6.07. The lowest BCUT2D eigenvalue weighted by Crippen LogP contribution is -2.39. The number of halogens is 1. The molecule has 0 aromatic heterocycles. The Labute approximate surface area is 113 Å². The number of hydrogen-bond donors (Lipinski definition) is 2. The molecule has 0 bridgehead atoms. The van der Waals surface area contributed by atoms with Crippen LogP contribution in [0.3, 0.4) is 0 Å². The fourth-order valence-corrected chi connectivity index (χ4v) is 1.83. The van der Waals surface area contributed by atoms with Crippen molar-refractivity contribution in [2.75, 3.05) is 24.3 Å². The smallest absolute Gasteiger partial charge is 0.241 e. The number of rotatable bonds is 4. The normalized spacial score (nSPS) is 12.4. The number of carbonyl (C=O) groups excluding carboxylic acids is 1. The molecule has 1 rings (SSSR count). The molecule has 4 nitrogen and oxygen atoms in total. The highest BCUT2D eigenvalue weighted by molar-refractivity contribution is 6.33. The fraction of sp³-hybridized carbons (Fsp3) is 0.462. The SMILES string of the molecule is CC(C)[C@@H](N)C(=O)Nc1ccc(N(C)C)c(Cl)c1. The highest BCUT2D eigenvalue weighted by Gasteiger charge is 2.17. The van der Waals surface area contributed by atoms with Crippen molar-refractivity contribution in [3.63, 3.8) is 0 Å². The highest BCUT2D eigenvalue weighted by atomic mass is 35.5. The molecule has 5 heteroatoms. The zero-order valence-electron chi connectivity index (χ0n) is 11.2. The number of anilines is 2. The Morgan fingerprint density at radius 3 is 2.44 bits per heavy atom. The van der Waals surface area contributed by atoms with Gasteiger partial charge in [0.1, 0.15) is 0 Å². The number of nitrogens with two attached hydrogens (primary N) is 1. The minimum absolute atomic E-state index is 0.0986. The molecule has 3 N–H and O–H groups in total. The van der Waals surface area contributed by atoms with Gasteiger partial charge in [0.2, 0.25) is 5.91 Å². The summed E-state index contributed by atoms with van der Waals surface area (Å²) in [5, 5.41) is 3.36. The summed E-state index contributed by atoms with van der Waals surface area (Å²) < 4.78 is 0. The first kappa shape index (κ1) is 14.8. The molecular weight excluding hydrogens is 250 g/mol. The van der Waals surface area contributed by atoms with E-state index in [0.29, 0.717) is 10.7 Å². The van der Waals surface area contributed by atoms with Crippen molar-refractivity contribution in [1.29, 1.82) is 0 Å². The zero-order chi connectivity index (χ0) is 13.9. The Hall–Kier alpha value is -1.26. The lowest BCUT2D eigenvalue weighted by atomic mass is 10.0. The number of nitrogens with zero attached hydrogens (tertiary/aromatic N) is 1. The minimum atomic E-state index is -0.516. The minimum Gasteiger partial charge on any atom is -0.376 e. The topological polar surface area (TPSA) is 58.4 Å². The van der Waals surface area contributed by atoms with Crippen LogP contribution in [-0.2, 0) is 4.79 Å². The van der Waals surface area contributed by atoms with Crippen LogP contribution in [0.15, 0.2) is 18.2 Å². The number of amides is 1. The van der Waals surface area contributed by atoms with E-state index in [-0.39, 0.29) is 11.8 Å². The van der Waals surface area contributed by atoms with Gasteiger partial charge in [-0.1, -0.05) is 25.4 Å². The number of benzene rings is 1. The van der Waals surface area contributed by atoms with Crippen molar-refractivity contribution in [2.24, 2.45) is 11.7 Å². The van der Waals surface area contributed by atoms with E-state index in [4.69, 9.17) is 17.3 Å². The van der Waals surface area contributed by atoms with Crippen LogP contribution in [0.25, 0.3) is 0 Å².